The summed E-state index contributed by atoms with van der Waals surface area (Å²) in [5.41, 5.74) is -9.36. The molecule has 0 aromatic heterocycles. The maximum Gasteiger partial charge on any atom is 0.485 e. The molecular weight excluding hydrogens is 2040 g/mol. The van der Waals surface area contributed by atoms with Gasteiger partial charge in [-0.2, -0.15) is 39.5 Å². The molecule has 0 heterocycles. The predicted molar refractivity (Wildman–Crippen MR) is 465 cm³/mol. The van der Waals surface area contributed by atoms with Gasteiger partial charge in [-0.25, -0.2) is 46.8 Å². The third-order valence-corrected chi connectivity index (χ3v) is 27.6. The zero-order chi connectivity index (χ0) is 92.5. The quantitative estimate of drug-likeness (QED) is 0.0454. The van der Waals surface area contributed by atoms with Crippen LogP contribution in [0.1, 0.15) is 11.1 Å². The van der Waals surface area contributed by atoms with Crippen molar-refractivity contribution >= 4 is 193 Å². The minimum atomic E-state index is -6.09. The zero-order valence-corrected chi connectivity index (χ0v) is 76.7. The average molecular weight is 2090 g/mol. The van der Waals surface area contributed by atoms with Crippen molar-refractivity contribution < 1.29 is 105 Å². The van der Waals surface area contributed by atoms with Gasteiger partial charge in [0.05, 0.1) is 79.8 Å². The molecule has 124 heavy (non-hydrogen) atoms. The minimum Gasteiger partial charge on any atom is -0.748 e. The summed E-state index contributed by atoms with van der Waals surface area (Å²) in [6, 6.07) is 90.3. The summed E-state index contributed by atoms with van der Waals surface area (Å²) in [5, 5.41) is 5.91. The van der Waals surface area contributed by atoms with Gasteiger partial charge in [0.25, 0.3) is 0 Å². The molecule has 0 atom stereocenters. The van der Waals surface area contributed by atoms with Gasteiger partial charge in [0.15, 0.2) is 68.9 Å². The van der Waals surface area contributed by atoms with Gasteiger partial charge in [-0.3, -0.25) is 0 Å². The predicted octanol–water partition coefficient (Wildman–Crippen LogP) is 26.5. The molecule has 0 aliphatic carbocycles. The summed E-state index contributed by atoms with van der Waals surface area (Å²) in [4.78, 5) is 12.0. The van der Waals surface area contributed by atoms with Crippen molar-refractivity contribution in [1.29, 1.82) is 0 Å². The molecule has 0 amide bonds. The smallest absolute Gasteiger partial charge is 0.485 e. The fraction of sp³-hybridized carbons (Fsp3) is 0.0602. The van der Waals surface area contributed by atoms with E-state index >= 15 is 0 Å². The summed E-state index contributed by atoms with van der Waals surface area (Å²) in [5.74, 6) is -0.943. The summed E-state index contributed by atoms with van der Waals surface area (Å²) < 4.78 is 259. The third-order valence-electron chi connectivity index (χ3n) is 14.7. The van der Waals surface area contributed by atoms with Gasteiger partial charge in [0, 0.05) is 57.2 Å². The molecule has 0 aliphatic rings. The number of rotatable bonds is 13. The maximum absolute atomic E-state index is 13.2. The van der Waals surface area contributed by atoms with Gasteiger partial charge in [0.1, 0.15) is 27.6 Å². The molecule has 0 bridgehead atoms. The van der Waals surface area contributed by atoms with Crippen LogP contribution >= 0.6 is 109 Å². The lowest BCUT2D eigenvalue weighted by atomic mass is 10.1. The van der Waals surface area contributed by atoms with E-state index in [1.807, 2.05) is 97.1 Å². The summed E-state index contributed by atoms with van der Waals surface area (Å²) in [6.07, 6.45) is -9.18. The molecule has 0 N–H and O–H groups in total. The molecule has 41 heteroatoms. The average Bonchev–Trinajstić information content (AvgIpc) is 0.767. The van der Waals surface area contributed by atoms with E-state index in [2.05, 4.69) is 137 Å². The first-order valence-corrected chi connectivity index (χ1v) is 48.9. The van der Waals surface area contributed by atoms with Crippen LogP contribution in [0.5, 0.6) is 0 Å². The Labute approximate surface area is 766 Å². The fourth-order valence-electron chi connectivity index (χ4n) is 9.55. The van der Waals surface area contributed by atoms with Crippen LogP contribution in [-0.2, 0) is 96.4 Å². The Hall–Kier alpha value is -7.14. The molecule has 0 unspecified atom stereocenters. The topological polar surface area (TPSA) is 229 Å². The van der Waals surface area contributed by atoms with Crippen LogP contribution in [0.4, 0.5) is 52.7 Å². The molecule has 0 radical (unpaired) electrons. The SMILES string of the molecule is CS(=O)(=O)[O-].CS(=O)(=O)[O-].Clc1ccc([S+](c2ccc(Cl)cc2)c2ccc(Br)cc2)cc1.Clc1ccc([S+](c2ccc(Cl)cc2)c2ccc(Cl)cc2)cc1.Clc1ccc([S+](c2ccc(Cl)cc2)c2ccc(Cl)cc2)cc1.Fc1ccc([S+](c2ccc(F)cc2)c2ccc(F)cc2)cc1.O=S(=O)([O-])C(F)(F)F.O=S(=O)([O-])c1cc(C(F)(F)F)cc(C(F)(F)F)c1. The first kappa shape index (κ1) is 106. The first-order chi connectivity index (χ1) is 57.6. The van der Waals surface area contributed by atoms with Gasteiger partial charge in [-0.1, -0.05) is 109 Å². The highest BCUT2D eigenvalue weighted by molar-refractivity contribution is 9.10. The van der Waals surface area contributed by atoms with E-state index in [9.17, 15) is 65.7 Å². The zero-order valence-electron chi connectivity index (χ0n) is 62.5. The standard InChI is InChI=1S/C18H12BrCl2S.2C18H12Cl3S.C18H12F3S.C8H4F6O3S.CHF3O3S.2CH4O3S/c4*19-13-1-7-16(8-2-13)22(17-9-3-14(20)4-10-17)18-11-5-15(21)6-12-18;9-7(10,11)4-1-5(8(12,13)14)3-6(2-4)18(15,16)17;2-1(3,4)8(5,6)7;2*1-5(2,3)4/h4*1-12H;1-3H,(H,15,16,17);(H,5,6,7);2*1H3,(H,2,3,4)/q4*+1;;;;/p-4. The highest BCUT2D eigenvalue weighted by atomic mass is 79.9. The first-order valence-electron chi connectivity index (χ1n) is 33.7. The molecule has 0 spiro atoms. The number of hydrogen-bond donors (Lipinski definition) is 0. The van der Waals surface area contributed by atoms with Crippen LogP contribution in [0.25, 0.3) is 0 Å². The van der Waals surface area contributed by atoms with Crippen LogP contribution in [0, 0.1) is 17.5 Å². The highest BCUT2D eigenvalue weighted by Crippen LogP contribution is 2.41. The van der Waals surface area contributed by atoms with Crippen LogP contribution in [0.15, 0.2) is 377 Å². The highest BCUT2D eigenvalue weighted by Gasteiger charge is 2.39. The van der Waals surface area contributed by atoms with Crippen LogP contribution in [-0.4, -0.2) is 69.9 Å². The van der Waals surface area contributed by atoms with E-state index in [0.29, 0.717) is 12.5 Å². The van der Waals surface area contributed by atoms with Crippen molar-refractivity contribution in [3.05, 3.63) is 383 Å². The van der Waals surface area contributed by atoms with Crippen molar-refractivity contribution in [2.45, 2.75) is 81.5 Å². The molecule has 13 rings (SSSR count). The molecule has 12 nitrogen and oxygen atoms in total. The Morgan fingerprint density at radius 1 is 0.258 bits per heavy atom. The van der Waals surface area contributed by atoms with E-state index in [-0.39, 0.29) is 68.3 Å². The summed E-state index contributed by atoms with van der Waals surface area (Å²) in [6.45, 7) is 0. The monoisotopic (exact) mass is 2090 g/mol. The molecule has 656 valence electrons. The number of alkyl halides is 9. The normalized spacial score (nSPS) is 11.6. The maximum atomic E-state index is 13.2. The lowest BCUT2D eigenvalue weighted by Crippen LogP contribution is -2.21. The Balaban J connectivity index is 0.000000228. The van der Waals surface area contributed by atoms with Crippen LogP contribution in [0.3, 0.4) is 0 Å². The molecule has 0 saturated heterocycles. The second kappa shape index (κ2) is 47.8. The van der Waals surface area contributed by atoms with Gasteiger partial charge in [-0.05, 0) is 309 Å². The number of benzene rings is 13. The van der Waals surface area contributed by atoms with Crippen molar-refractivity contribution in [2.24, 2.45) is 0 Å². The molecule has 13 aromatic carbocycles. The van der Waals surface area contributed by atoms with Gasteiger partial charge in [0.2, 0.25) is 0 Å². The van der Waals surface area contributed by atoms with Gasteiger partial charge >= 0.3 is 17.9 Å². The Morgan fingerprint density at radius 3 is 0.508 bits per heavy atom. The lowest BCUT2D eigenvalue weighted by molar-refractivity contribution is -0.143. The summed E-state index contributed by atoms with van der Waals surface area (Å²) >= 11 is 51.7. The summed E-state index contributed by atoms with van der Waals surface area (Å²) in [7, 11) is -20.5. The molecule has 0 aliphatic heterocycles. The fourth-order valence-corrected chi connectivity index (χ4v) is 19.5. The number of hydrogen-bond acceptors (Lipinski definition) is 12. The molecule has 13 aromatic rings. The van der Waals surface area contributed by atoms with Crippen molar-refractivity contribution in [3.8, 4) is 0 Å². The van der Waals surface area contributed by atoms with Crippen molar-refractivity contribution in [1.82, 2.24) is 0 Å². The van der Waals surface area contributed by atoms with E-state index < -0.39 is 85.3 Å². The number of halogens is 21. The van der Waals surface area contributed by atoms with Crippen LogP contribution < -0.4 is 0 Å². The lowest BCUT2D eigenvalue weighted by Gasteiger charge is -2.15. The second-order valence-corrected chi connectivity index (χ2v) is 42.3. The van der Waals surface area contributed by atoms with E-state index in [1.54, 1.807) is 36.4 Å². The van der Waals surface area contributed by atoms with Crippen molar-refractivity contribution in [2.75, 3.05) is 12.5 Å². The van der Waals surface area contributed by atoms with E-state index in [4.69, 9.17) is 132 Å². The van der Waals surface area contributed by atoms with Crippen molar-refractivity contribution in [3.63, 3.8) is 0 Å². The van der Waals surface area contributed by atoms with Crippen LogP contribution in [0.2, 0.25) is 40.2 Å². The Morgan fingerprint density at radius 2 is 0.387 bits per heavy atom. The Kier molecular flexibility index (Phi) is 40.7. The van der Waals surface area contributed by atoms with E-state index in [1.165, 1.54) is 80.5 Å². The van der Waals surface area contributed by atoms with Gasteiger partial charge in [-0.15, -0.1) is 0 Å². The second-order valence-electron chi connectivity index (χ2n) is 24.2. The van der Waals surface area contributed by atoms with Gasteiger partial charge < -0.3 is 18.2 Å². The molecule has 0 saturated carbocycles. The molecular formula is C83H57BrCl8F12O12S8. The third kappa shape index (κ3) is 37.3. The molecule has 0 fully saturated rings. The largest absolute Gasteiger partial charge is 0.748 e. The minimum absolute atomic E-state index is 0.141. The van der Waals surface area contributed by atoms with E-state index in [0.717, 1.165) is 59.3 Å². The Bertz CT molecular complexity index is 5020.